The number of aromatic nitrogens is 1. The van der Waals surface area contributed by atoms with Crippen LogP contribution in [0.3, 0.4) is 0 Å². The van der Waals surface area contributed by atoms with Crippen molar-refractivity contribution >= 4 is 55.5 Å². The van der Waals surface area contributed by atoms with E-state index in [9.17, 15) is 9.59 Å². The van der Waals surface area contributed by atoms with Gasteiger partial charge < -0.3 is 10.1 Å². The number of hydrogen-bond donors (Lipinski definition) is 1. The van der Waals surface area contributed by atoms with Crippen molar-refractivity contribution < 1.29 is 14.3 Å². The highest BCUT2D eigenvalue weighted by molar-refractivity contribution is 9.11. The number of anilines is 1. The average molecular weight is 389 g/mol. The van der Waals surface area contributed by atoms with Crippen LogP contribution in [-0.2, 0) is 11.3 Å². The lowest BCUT2D eigenvalue weighted by atomic mass is 10.3. The molecule has 0 saturated carbocycles. The number of carbonyl (C=O) groups is 2. The summed E-state index contributed by atoms with van der Waals surface area (Å²) in [4.78, 5) is 29.0. The standard InChI is InChI=1S/C13H13BrN2O3S2/c1-3-19-12(18)10-11(7(2)17)21-13(16-10)15-6-8-4-5-9(14)20-8/h4-5H,3,6H2,1-2H3,(H,15,16). The molecule has 112 valence electrons. The van der Waals surface area contributed by atoms with Gasteiger partial charge in [-0.05, 0) is 35.0 Å². The summed E-state index contributed by atoms with van der Waals surface area (Å²) in [6.45, 7) is 3.96. The Balaban J connectivity index is 2.15. The van der Waals surface area contributed by atoms with E-state index >= 15 is 0 Å². The Morgan fingerprint density at radius 1 is 1.38 bits per heavy atom. The molecule has 0 aliphatic carbocycles. The number of Topliss-reactive ketones (excluding diaryl/α,β-unsaturated/α-hetero) is 1. The Morgan fingerprint density at radius 2 is 2.14 bits per heavy atom. The maximum Gasteiger partial charge on any atom is 0.358 e. The summed E-state index contributed by atoms with van der Waals surface area (Å²) in [7, 11) is 0. The Bertz CT molecular complexity index is 666. The average Bonchev–Trinajstić information content (AvgIpc) is 3.03. The van der Waals surface area contributed by atoms with E-state index < -0.39 is 5.97 Å². The molecule has 0 saturated heterocycles. The van der Waals surface area contributed by atoms with E-state index in [2.05, 4.69) is 26.2 Å². The first-order valence-electron chi connectivity index (χ1n) is 6.18. The van der Waals surface area contributed by atoms with Crippen LogP contribution < -0.4 is 5.32 Å². The van der Waals surface area contributed by atoms with Gasteiger partial charge in [-0.15, -0.1) is 11.3 Å². The molecule has 2 aromatic rings. The summed E-state index contributed by atoms with van der Waals surface area (Å²) in [6.07, 6.45) is 0. The molecule has 2 heterocycles. The van der Waals surface area contributed by atoms with Gasteiger partial charge in [-0.3, -0.25) is 4.79 Å². The Morgan fingerprint density at radius 3 is 2.71 bits per heavy atom. The topological polar surface area (TPSA) is 68.3 Å². The molecule has 0 fully saturated rings. The Labute approximate surface area is 138 Å². The van der Waals surface area contributed by atoms with Crippen molar-refractivity contribution in [3.8, 4) is 0 Å². The van der Waals surface area contributed by atoms with Crippen molar-refractivity contribution in [2.75, 3.05) is 11.9 Å². The van der Waals surface area contributed by atoms with E-state index in [-0.39, 0.29) is 18.1 Å². The predicted octanol–water partition coefficient (Wildman–Crippen LogP) is 3.96. The van der Waals surface area contributed by atoms with E-state index in [1.54, 1.807) is 18.3 Å². The molecule has 0 amide bonds. The predicted molar refractivity (Wildman–Crippen MR) is 87.4 cm³/mol. The number of carbonyl (C=O) groups excluding carboxylic acids is 2. The van der Waals surface area contributed by atoms with Gasteiger partial charge in [0.15, 0.2) is 16.6 Å². The monoisotopic (exact) mass is 388 g/mol. The molecule has 0 aliphatic heterocycles. The fourth-order valence-electron chi connectivity index (χ4n) is 1.58. The molecule has 0 spiro atoms. The highest BCUT2D eigenvalue weighted by atomic mass is 79.9. The quantitative estimate of drug-likeness (QED) is 0.598. The van der Waals surface area contributed by atoms with Gasteiger partial charge in [0, 0.05) is 11.8 Å². The molecule has 5 nitrogen and oxygen atoms in total. The number of nitrogens with one attached hydrogen (secondary N) is 1. The molecule has 1 N–H and O–H groups in total. The van der Waals surface area contributed by atoms with Crippen LogP contribution in [0.1, 0.15) is 38.9 Å². The third-order valence-electron chi connectivity index (χ3n) is 2.46. The molecular formula is C13H13BrN2O3S2. The molecule has 0 radical (unpaired) electrons. The molecule has 2 aromatic heterocycles. The fraction of sp³-hybridized carbons (Fsp3) is 0.308. The zero-order chi connectivity index (χ0) is 15.4. The minimum atomic E-state index is -0.564. The van der Waals surface area contributed by atoms with Crippen LogP contribution >= 0.6 is 38.6 Å². The second kappa shape index (κ2) is 7.15. The lowest BCUT2D eigenvalue weighted by Crippen LogP contribution is -2.09. The molecule has 0 aliphatic rings. The number of esters is 1. The first kappa shape index (κ1) is 16.1. The zero-order valence-electron chi connectivity index (χ0n) is 11.4. The number of thiophene rings is 1. The van der Waals surface area contributed by atoms with Gasteiger partial charge >= 0.3 is 5.97 Å². The third kappa shape index (κ3) is 4.12. The molecule has 21 heavy (non-hydrogen) atoms. The van der Waals surface area contributed by atoms with Crippen LogP contribution in [0.15, 0.2) is 15.9 Å². The van der Waals surface area contributed by atoms with Gasteiger partial charge in [-0.2, -0.15) is 0 Å². The number of nitrogens with zero attached hydrogens (tertiary/aromatic N) is 1. The van der Waals surface area contributed by atoms with E-state index in [0.29, 0.717) is 16.6 Å². The summed E-state index contributed by atoms with van der Waals surface area (Å²) in [5.41, 5.74) is 0.0872. The lowest BCUT2D eigenvalue weighted by Gasteiger charge is -1.99. The van der Waals surface area contributed by atoms with Gasteiger partial charge in [0.25, 0.3) is 0 Å². The van der Waals surface area contributed by atoms with Crippen LogP contribution in [0, 0.1) is 0 Å². The number of hydrogen-bond acceptors (Lipinski definition) is 7. The van der Waals surface area contributed by atoms with Crippen molar-refractivity contribution in [3.63, 3.8) is 0 Å². The van der Waals surface area contributed by atoms with Crippen LogP contribution in [0.4, 0.5) is 5.13 Å². The van der Waals surface area contributed by atoms with E-state index in [1.807, 2.05) is 12.1 Å². The molecular weight excluding hydrogens is 376 g/mol. The fourth-order valence-corrected chi connectivity index (χ4v) is 3.85. The summed E-state index contributed by atoms with van der Waals surface area (Å²) < 4.78 is 5.97. The van der Waals surface area contributed by atoms with Crippen molar-refractivity contribution in [2.24, 2.45) is 0 Å². The Kier molecular flexibility index (Phi) is 5.49. The lowest BCUT2D eigenvalue weighted by molar-refractivity contribution is 0.0517. The van der Waals surface area contributed by atoms with E-state index in [4.69, 9.17) is 4.74 Å². The van der Waals surface area contributed by atoms with Gasteiger partial charge in [-0.25, -0.2) is 9.78 Å². The van der Waals surface area contributed by atoms with Crippen molar-refractivity contribution in [3.05, 3.63) is 31.4 Å². The maximum atomic E-state index is 11.8. The molecule has 2 rings (SSSR count). The molecule has 0 atom stereocenters. The highest BCUT2D eigenvalue weighted by Gasteiger charge is 2.22. The number of thiazole rings is 1. The van der Waals surface area contributed by atoms with Crippen LogP contribution in [-0.4, -0.2) is 23.3 Å². The van der Waals surface area contributed by atoms with Gasteiger partial charge in [0.2, 0.25) is 0 Å². The summed E-state index contributed by atoms with van der Waals surface area (Å²) >= 11 is 6.18. The van der Waals surface area contributed by atoms with Crippen molar-refractivity contribution in [2.45, 2.75) is 20.4 Å². The van der Waals surface area contributed by atoms with Crippen LogP contribution in [0.5, 0.6) is 0 Å². The third-order valence-corrected chi connectivity index (χ3v) is 5.20. The smallest absolute Gasteiger partial charge is 0.358 e. The second-order valence-corrected chi connectivity index (χ2v) is 7.58. The Hall–Kier alpha value is -1.25. The second-order valence-electron chi connectivity index (χ2n) is 4.03. The molecule has 0 bridgehead atoms. The summed E-state index contributed by atoms with van der Waals surface area (Å²) in [5.74, 6) is -0.756. The normalized spacial score (nSPS) is 10.4. The number of halogens is 1. The largest absolute Gasteiger partial charge is 0.461 e. The minimum Gasteiger partial charge on any atom is -0.461 e. The minimum absolute atomic E-state index is 0.0872. The molecule has 0 unspecified atom stereocenters. The van der Waals surface area contributed by atoms with Gasteiger partial charge in [0.05, 0.1) is 16.9 Å². The zero-order valence-corrected chi connectivity index (χ0v) is 14.7. The van der Waals surface area contributed by atoms with E-state index in [0.717, 1.165) is 8.66 Å². The van der Waals surface area contributed by atoms with Gasteiger partial charge in [0.1, 0.15) is 4.88 Å². The first-order chi connectivity index (χ1) is 10.0. The SMILES string of the molecule is CCOC(=O)c1nc(NCc2ccc(Br)s2)sc1C(C)=O. The molecule has 0 aromatic carbocycles. The van der Waals surface area contributed by atoms with Crippen LogP contribution in [0.2, 0.25) is 0 Å². The summed E-state index contributed by atoms with van der Waals surface area (Å²) in [5, 5.41) is 3.66. The van der Waals surface area contributed by atoms with Crippen molar-refractivity contribution in [1.29, 1.82) is 0 Å². The summed E-state index contributed by atoms with van der Waals surface area (Å²) in [6, 6.07) is 3.96. The van der Waals surface area contributed by atoms with Crippen LogP contribution in [0.25, 0.3) is 0 Å². The maximum absolute atomic E-state index is 11.8. The van der Waals surface area contributed by atoms with E-state index in [1.165, 1.54) is 18.3 Å². The molecule has 8 heteroatoms. The van der Waals surface area contributed by atoms with Crippen molar-refractivity contribution in [1.82, 2.24) is 4.98 Å². The number of rotatable bonds is 6. The number of ketones is 1. The highest BCUT2D eigenvalue weighted by Crippen LogP contribution is 2.27. The first-order valence-corrected chi connectivity index (χ1v) is 8.60. The van der Waals surface area contributed by atoms with Gasteiger partial charge in [-0.1, -0.05) is 11.3 Å². The number of ether oxygens (including phenoxy) is 1.